The van der Waals surface area contributed by atoms with Crippen molar-refractivity contribution < 1.29 is 0 Å². The summed E-state index contributed by atoms with van der Waals surface area (Å²) >= 11 is 6.01. The number of halogens is 1. The molecule has 0 saturated heterocycles. The maximum absolute atomic E-state index is 6.01. The van der Waals surface area contributed by atoms with Crippen LogP contribution in [-0.4, -0.2) is 30.4 Å². The molecule has 0 aromatic rings. The predicted molar refractivity (Wildman–Crippen MR) is 82.5 cm³/mol. The van der Waals surface area contributed by atoms with Crippen molar-refractivity contribution in [3.05, 3.63) is 0 Å². The summed E-state index contributed by atoms with van der Waals surface area (Å²) in [6.45, 7) is 4.82. The van der Waals surface area contributed by atoms with Gasteiger partial charge in [0.25, 0.3) is 0 Å². The van der Waals surface area contributed by atoms with Gasteiger partial charge in [-0.2, -0.15) is 0 Å². The van der Waals surface area contributed by atoms with E-state index in [-0.39, 0.29) is 0 Å². The minimum Gasteiger partial charge on any atom is -0.306 e. The van der Waals surface area contributed by atoms with Gasteiger partial charge in [0.05, 0.1) is 0 Å². The van der Waals surface area contributed by atoms with Crippen molar-refractivity contribution in [1.82, 2.24) is 4.90 Å². The van der Waals surface area contributed by atoms with E-state index in [1.54, 1.807) is 0 Å². The summed E-state index contributed by atoms with van der Waals surface area (Å²) in [6.07, 6.45) is 13.8. The van der Waals surface area contributed by atoms with Crippen molar-refractivity contribution in [3.63, 3.8) is 0 Å². The molecular formula is C16H32ClN. The highest BCUT2D eigenvalue weighted by atomic mass is 35.5. The molecule has 1 rings (SSSR count). The third-order valence-electron chi connectivity index (χ3n) is 4.14. The molecule has 1 aliphatic carbocycles. The Morgan fingerprint density at radius 1 is 0.944 bits per heavy atom. The lowest BCUT2D eigenvalue weighted by Gasteiger charge is -2.34. The molecule has 0 aliphatic heterocycles. The van der Waals surface area contributed by atoms with Crippen LogP contribution in [-0.2, 0) is 0 Å². The van der Waals surface area contributed by atoms with Crippen LogP contribution in [0.25, 0.3) is 0 Å². The van der Waals surface area contributed by atoms with E-state index in [1.165, 1.54) is 77.3 Å². The van der Waals surface area contributed by atoms with Gasteiger partial charge in [0.2, 0.25) is 0 Å². The summed E-state index contributed by atoms with van der Waals surface area (Å²) in [7, 11) is 2.27. The second-order valence-corrected chi connectivity index (χ2v) is 6.79. The quantitative estimate of drug-likeness (QED) is 0.375. The van der Waals surface area contributed by atoms with Gasteiger partial charge < -0.3 is 4.90 Å². The van der Waals surface area contributed by atoms with E-state index in [9.17, 15) is 0 Å². The second-order valence-electron chi connectivity index (χ2n) is 6.17. The molecule has 0 atom stereocenters. The van der Waals surface area contributed by atoms with Gasteiger partial charge in [0.1, 0.15) is 0 Å². The number of hydrogen-bond donors (Lipinski definition) is 0. The van der Waals surface area contributed by atoms with E-state index in [4.69, 9.17) is 11.6 Å². The van der Waals surface area contributed by atoms with Crippen LogP contribution < -0.4 is 0 Å². The zero-order chi connectivity index (χ0) is 13.2. The summed E-state index contributed by atoms with van der Waals surface area (Å²) in [5, 5.41) is 0.478. The Kier molecular flexibility index (Phi) is 9.14. The van der Waals surface area contributed by atoms with Gasteiger partial charge in [0, 0.05) is 11.9 Å². The van der Waals surface area contributed by atoms with Crippen molar-refractivity contribution in [1.29, 1.82) is 0 Å². The molecule has 0 N–H and O–H groups in total. The van der Waals surface area contributed by atoms with E-state index < -0.39 is 0 Å². The minimum atomic E-state index is 0.478. The standard InChI is InChI=1S/C16H32ClN/c1-3-4-5-6-7-8-9-10-11-18(2)14-15-12-16(17)13-15/h15-16H,3-14H2,1-2H3. The molecular weight excluding hydrogens is 242 g/mol. The van der Waals surface area contributed by atoms with E-state index in [1.807, 2.05) is 0 Å². The highest BCUT2D eigenvalue weighted by Gasteiger charge is 2.27. The van der Waals surface area contributed by atoms with Crippen LogP contribution >= 0.6 is 11.6 Å². The molecule has 18 heavy (non-hydrogen) atoms. The highest BCUT2D eigenvalue weighted by molar-refractivity contribution is 6.21. The Bertz CT molecular complexity index is 190. The van der Waals surface area contributed by atoms with Crippen LogP contribution in [0.1, 0.15) is 71.1 Å². The van der Waals surface area contributed by atoms with E-state index in [0.29, 0.717) is 5.38 Å². The number of hydrogen-bond acceptors (Lipinski definition) is 1. The van der Waals surface area contributed by atoms with Gasteiger partial charge >= 0.3 is 0 Å². The third kappa shape index (κ3) is 7.63. The lowest BCUT2D eigenvalue weighted by atomic mass is 9.84. The number of nitrogens with zero attached hydrogens (tertiary/aromatic N) is 1. The number of unbranched alkanes of at least 4 members (excludes halogenated alkanes) is 7. The van der Waals surface area contributed by atoms with Crippen LogP contribution in [0.4, 0.5) is 0 Å². The van der Waals surface area contributed by atoms with Crippen LogP contribution in [0, 0.1) is 5.92 Å². The SMILES string of the molecule is CCCCCCCCCCN(C)CC1CC(Cl)C1. The minimum absolute atomic E-state index is 0.478. The maximum Gasteiger partial charge on any atom is 0.0342 e. The molecule has 1 nitrogen and oxygen atoms in total. The molecule has 108 valence electrons. The van der Waals surface area contributed by atoms with E-state index in [2.05, 4.69) is 18.9 Å². The summed E-state index contributed by atoms with van der Waals surface area (Å²) < 4.78 is 0. The van der Waals surface area contributed by atoms with Crippen molar-refractivity contribution in [2.45, 2.75) is 76.5 Å². The van der Waals surface area contributed by atoms with Gasteiger partial charge in [-0.1, -0.05) is 51.9 Å². The predicted octanol–water partition coefficient (Wildman–Crippen LogP) is 5.08. The summed E-state index contributed by atoms with van der Waals surface area (Å²) in [6, 6.07) is 0. The fourth-order valence-electron chi connectivity index (χ4n) is 2.85. The first-order chi connectivity index (χ1) is 8.72. The summed E-state index contributed by atoms with van der Waals surface area (Å²) in [5.41, 5.74) is 0. The Balaban J connectivity index is 1.79. The van der Waals surface area contributed by atoms with Crippen molar-refractivity contribution in [2.24, 2.45) is 5.92 Å². The number of alkyl halides is 1. The van der Waals surface area contributed by atoms with E-state index in [0.717, 1.165) is 5.92 Å². The third-order valence-corrected chi connectivity index (χ3v) is 4.50. The molecule has 0 heterocycles. The first kappa shape index (κ1) is 16.3. The molecule has 0 bridgehead atoms. The highest BCUT2D eigenvalue weighted by Crippen LogP contribution is 2.32. The average Bonchev–Trinajstić information content (AvgIpc) is 2.30. The first-order valence-electron chi connectivity index (χ1n) is 8.05. The summed E-state index contributed by atoms with van der Waals surface area (Å²) in [5.74, 6) is 0.881. The fraction of sp³-hybridized carbons (Fsp3) is 1.00. The van der Waals surface area contributed by atoms with Gasteiger partial charge in [-0.3, -0.25) is 0 Å². The Morgan fingerprint density at radius 2 is 1.50 bits per heavy atom. The fourth-order valence-corrected chi connectivity index (χ4v) is 3.36. The Hall–Kier alpha value is 0.250. The van der Waals surface area contributed by atoms with Gasteiger partial charge in [-0.25, -0.2) is 0 Å². The van der Waals surface area contributed by atoms with Gasteiger partial charge in [-0.15, -0.1) is 11.6 Å². The zero-order valence-electron chi connectivity index (χ0n) is 12.5. The summed E-state index contributed by atoms with van der Waals surface area (Å²) in [4.78, 5) is 2.50. The molecule has 0 amide bonds. The smallest absolute Gasteiger partial charge is 0.0342 e. The molecule has 0 aromatic carbocycles. The zero-order valence-corrected chi connectivity index (χ0v) is 13.2. The monoisotopic (exact) mass is 273 g/mol. The molecule has 0 radical (unpaired) electrons. The van der Waals surface area contributed by atoms with Crippen molar-refractivity contribution in [2.75, 3.05) is 20.1 Å². The Labute approximate surface area is 119 Å². The van der Waals surface area contributed by atoms with Gasteiger partial charge in [-0.05, 0) is 38.8 Å². The topological polar surface area (TPSA) is 3.24 Å². The van der Waals surface area contributed by atoms with Crippen molar-refractivity contribution >= 4 is 11.6 Å². The molecule has 1 fully saturated rings. The first-order valence-corrected chi connectivity index (χ1v) is 8.48. The lowest BCUT2D eigenvalue weighted by Crippen LogP contribution is -2.35. The normalized spacial score (nSPS) is 23.3. The molecule has 1 saturated carbocycles. The maximum atomic E-state index is 6.01. The molecule has 0 unspecified atom stereocenters. The van der Waals surface area contributed by atoms with Crippen LogP contribution in [0.2, 0.25) is 0 Å². The molecule has 0 spiro atoms. The van der Waals surface area contributed by atoms with Crippen LogP contribution in [0.3, 0.4) is 0 Å². The average molecular weight is 274 g/mol. The molecule has 2 heteroatoms. The molecule has 1 aliphatic rings. The lowest BCUT2D eigenvalue weighted by molar-refractivity contribution is 0.206. The number of rotatable bonds is 11. The molecule has 0 aromatic heterocycles. The second kappa shape index (κ2) is 10.1. The van der Waals surface area contributed by atoms with Crippen molar-refractivity contribution in [3.8, 4) is 0 Å². The van der Waals surface area contributed by atoms with Gasteiger partial charge in [0.15, 0.2) is 0 Å². The largest absolute Gasteiger partial charge is 0.306 e. The Morgan fingerprint density at radius 3 is 2.06 bits per heavy atom. The van der Waals surface area contributed by atoms with Crippen LogP contribution in [0.15, 0.2) is 0 Å². The van der Waals surface area contributed by atoms with E-state index >= 15 is 0 Å². The van der Waals surface area contributed by atoms with Crippen LogP contribution in [0.5, 0.6) is 0 Å².